The molecule has 112 valence electrons. The van der Waals surface area contributed by atoms with Crippen LogP contribution < -0.4 is 10.5 Å². The summed E-state index contributed by atoms with van der Waals surface area (Å²) < 4.78 is 19.9. The van der Waals surface area contributed by atoms with Gasteiger partial charge < -0.3 is 10.5 Å². The molecule has 0 heterocycles. The molecule has 2 nitrogen and oxygen atoms in total. The van der Waals surface area contributed by atoms with Gasteiger partial charge in [0.1, 0.15) is 17.7 Å². The summed E-state index contributed by atoms with van der Waals surface area (Å²) in [5.41, 5.74) is 6.97. The number of ether oxygens (including phenoxy) is 1. The van der Waals surface area contributed by atoms with Crippen LogP contribution in [0.25, 0.3) is 0 Å². The van der Waals surface area contributed by atoms with Crippen molar-refractivity contribution in [3.63, 3.8) is 0 Å². The molecule has 2 rings (SSSR count). The zero-order valence-corrected chi connectivity index (χ0v) is 13.9. The molecule has 0 aliphatic rings. The Hall–Kier alpha value is -1.10. The second-order valence-electron chi connectivity index (χ2n) is 4.74. The predicted octanol–water partition coefficient (Wildman–Crippen LogP) is 5.10. The molecule has 2 aromatic carbocycles. The van der Waals surface area contributed by atoms with Crippen molar-refractivity contribution in [1.29, 1.82) is 0 Å². The van der Waals surface area contributed by atoms with Gasteiger partial charge >= 0.3 is 0 Å². The van der Waals surface area contributed by atoms with Gasteiger partial charge in [0.25, 0.3) is 0 Å². The number of benzene rings is 2. The normalized spacial score (nSPS) is 13.8. The fraction of sp³-hybridized carbons (Fsp3) is 0.250. The lowest BCUT2D eigenvalue weighted by Crippen LogP contribution is -2.31. The first-order valence-electron chi connectivity index (χ1n) is 6.64. The van der Waals surface area contributed by atoms with Crippen molar-refractivity contribution in [1.82, 2.24) is 0 Å². The SMILES string of the molecule is CCC(N)C(Oc1cc(Br)ccc1Cl)c1ccc(F)cc1. The third-order valence-corrected chi connectivity index (χ3v) is 4.01. The molecule has 0 fully saturated rings. The van der Waals surface area contributed by atoms with Crippen LogP contribution in [-0.4, -0.2) is 6.04 Å². The minimum Gasteiger partial charge on any atom is -0.482 e. The van der Waals surface area contributed by atoms with E-state index in [9.17, 15) is 4.39 Å². The average Bonchev–Trinajstić information content (AvgIpc) is 2.48. The number of halogens is 3. The highest BCUT2D eigenvalue weighted by atomic mass is 79.9. The van der Waals surface area contributed by atoms with Gasteiger partial charge in [0.05, 0.1) is 5.02 Å². The van der Waals surface area contributed by atoms with Crippen LogP contribution in [0.1, 0.15) is 25.0 Å². The van der Waals surface area contributed by atoms with Gasteiger partial charge in [-0.1, -0.05) is 46.6 Å². The molecule has 0 saturated heterocycles. The Kier molecular flexibility index (Phi) is 5.62. The van der Waals surface area contributed by atoms with Gasteiger partial charge in [-0.25, -0.2) is 4.39 Å². The maximum Gasteiger partial charge on any atom is 0.140 e. The molecular formula is C16H16BrClFNO. The van der Waals surface area contributed by atoms with E-state index in [1.807, 2.05) is 13.0 Å². The summed E-state index contributed by atoms with van der Waals surface area (Å²) in [6, 6.07) is 11.3. The van der Waals surface area contributed by atoms with E-state index in [0.717, 1.165) is 16.5 Å². The predicted molar refractivity (Wildman–Crippen MR) is 87.2 cm³/mol. The van der Waals surface area contributed by atoms with E-state index in [1.54, 1.807) is 24.3 Å². The largest absolute Gasteiger partial charge is 0.482 e. The highest BCUT2D eigenvalue weighted by molar-refractivity contribution is 9.10. The number of hydrogen-bond donors (Lipinski definition) is 1. The maximum atomic E-state index is 13.1. The van der Waals surface area contributed by atoms with Crippen LogP contribution in [0, 0.1) is 5.82 Å². The topological polar surface area (TPSA) is 35.2 Å². The van der Waals surface area contributed by atoms with E-state index in [-0.39, 0.29) is 18.0 Å². The minimum atomic E-state index is -0.387. The van der Waals surface area contributed by atoms with Crippen molar-refractivity contribution in [2.75, 3.05) is 0 Å². The van der Waals surface area contributed by atoms with Crippen molar-refractivity contribution in [3.8, 4) is 5.75 Å². The van der Waals surface area contributed by atoms with Crippen molar-refractivity contribution in [2.24, 2.45) is 5.73 Å². The lowest BCUT2D eigenvalue weighted by atomic mass is 10.0. The van der Waals surface area contributed by atoms with E-state index in [4.69, 9.17) is 22.1 Å². The molecule has 0 spiro atoms. The summed E-state index contributed by atoms with van der Waals surface area (Å²) in [4.78, 5) is 0. The molecule has 0 saturated carbocycles. The summed E-state index contributed by atoms with van der Waals surface area (Å²) in [5.74, 6) is 0.257. The summed E-state index contributed by atoms with van der Waals surface area (Å²) >= 11 is 9.54. The van der Waals surface area contributed by atoms with E-state index in [1.165, 1.54) is 12.1 Å². The van der Waals surface area contributed by atoms with Gasteiger partial charge in [0.2, 0.25) is 0 Å². The molecule has 0 aliphatic heterocycles. The average molecular weight is 373 g/mol. The molecule has 0 aliphatic carbocycles. The van der Waals surface area contributed by atoms with Gasteiger partial charge in [-0.2, -0.15) is 0 Å². The van der Waals surface area contributed by atoms with Gasteiger partial charge in [-0.05, 0) is 42.3 Å². The Morgan fingerprint density at radius 1 is 1.24 bits per heavy atom. The van der Waals surface area contributed by atoms with Crippen molar-refractivity contribution < 1.29 is 9.13 Å². The van der Waals surface area contributed by atoms with Gasteiger partial charge in [0, 0.05) is 10.5 Å². The van der Waals surface area contributed by atoms with Crippen molar-refractivity contribution in [3.05, 3.63) is 63.3 Å². The molecule has 2 unspecified atom stereocenters. The summed E-state index contributed by atoms with van der Waals surface area (Å²) in [7, 11) is 0. The number of rotatable bonds is 5. The van der Waals surface area contributed by atoms with Crippen LogP contribution in [0.4, 0.5) is 4.39 Å². The first-order valence-corrected chi connectivity index (χ1v) is 7.81. The summed E-state index contributed by atoms with van der Waals surface area (Å²) in [5, 5.41) is 0.508. The van der Waals surface area contributed by atoms with E-state index in [0.29, 0.717) is 10.8 Å². The monoisotopic (exact) mass is 371 g/mol. The lowest BCUT2D eigenvalue weighted by Gasteiger charge is -2.25. The lowest BCUT2D eigenvalue weighted by molar-refractivity contribution is 0.171. The molecule has 0 amide bonds. The van der Waals surface area contributed by atoms with Crippen LogP contribution in [0.3, 0.4) is 0 Å². The molecule has 5 heteroatoms. The Bertz CT molecular complexity index is 606. The molecule has 2 N–H and O–H groups in total. The zero-order valence-electron chi connectivity index (χ0n) is 11.5. The maximum absolute atomic E-state index is 13.1. The van der Waals surface area contributed by atoms with Gasteiger partial charge in [0.15, 0.2) is 0 Å². The second kappa shape index (κ2) is 7.25. The van der Waals surface area contributed by atoms with Crippen LogP contribution in [0.5, 0.6) is 5.75 Å². The van der Waals surface area contributed by atoms with Crippen molar-refractivity contribution >= 4 is 27.5 Å². The van der Waals surface area contributed by atoms with Gasteiger partial charge in [-0.3, -0.25) is 0 Å². The highest BCUT2D eigenvalue weighted by Gasteiger charge is 2.21. The minimum absolute atomic E-state index is 0.217. The van der Waals surface area contributed by atoms with Crippen LogP contribution in [0.2, 0.25) is 5.02 Å². The molecule has 21 heavy (non-hydrogen) atoms. The van der Waals surface area contributed by atoms with E-state index < -0.39 is 0 Å². The van der Waals surface area contributed by atoms with Crippen molar-refractivity contribution in [2.45, 2.75) is 25.5 Å². The summed E-state index contributed by atoms with van der Waals surface area (Å²) in [6.45, 7) is 1.98. The molecule has 0 bridgehead atoms. The fourth-order valence-electron chi connectivity index (χ4n) is 1.97. The first-order chi connectivity index (χ1) is 10.0. The standard InChI is InChI=1S/C16H16BrClFNO/c1-2-14(20)16(10-3-6-12(19)7-4-10)21-15-9-11(17)5-8-13(15)18/h3-9,14,16H,2,20H2,1H3. The number of hydrogen-bond acceptors (Lipinski definition) is 2. The molecule has 2 aromatic rings. The molecule has 2 atom stereocenters. The molecule has 0 radical (unpaired) electrons. The highest BCUT2D eigenvalue weighted by Crippen LogP contribution is 2.33. The smallest absolute Gasteiger partial charge is 0.140 e. The van der Waals surface area contributed by atoms with Crippen LogP contribution in [-0.2, 0) is 0 Å². The zero-order chi connectivity index (χ0) is 15.4. The third kappa shape index (κ3) is 4.19. The Morgan fingerprint density at radius 3 is 2.52 bits per heavy atom. The Balaban J connectivity index is 2.32. The summed E-state index contributed by atoms with van der Waals surface area (Å²) in [6.07, 6.45) is 0.343. The van der Waals surface area contributed by atoms with E-state index in [2.05, 4.69) is 15.9 Å². The quantitative estimate of drug-likeness (QED) is 0.792. The molecular weight excluding hydrogens is 357 g/mol. The second-order valence-corrected chi connectivity index (χ2v) is 6.06. The van der Waals surface area contributed by atoms with Crippen LogP contribution >= 0.6 is 27.5 Å². The number of nitrogens with two attached hydrogens (primary N) is 1. The molecule has 0 aromatic heterocycles. The first kappa shape index (κ1) is 16.3. The van der Waals surface area contributed by atoms with Gasteiger partial charge in [-0.15, -0.1) is 0 Å². The van der Waals surface area contributed by atoms with E-state index >= 15 is 0 Å². The Labute approximate surface area is 137 Å². The van der Waals surface area contributed by atoms with Crippen LogP contribution in [0.15, 0.2) is 46.9 Å². The third-order valence-electron chi connectivity index (χ3n) is 3.21. The Morgan fingerprint density at radius 2 is 1.90 bits per heavy atom. The fourth-order valence-corrected chi connectivity index (χ4v) is 2.48.